The predicted octanol–water partition coefficient (Wildman–Crippen LogP) is 1.58. The van der Waals surface area contributed by atoms with Crippen LogP contribution in [0.3, 0.4) is 0 Å². The Kier molecular flexibility index (Phi) is 3.96. The van der Waals surface area contributed by atoms with Gasteiger partial charge in [0.2, 0.25) is 0 Å². The summed E-state index contributed by atoms with van der Waals surface area (Å²) < 4.78 is 5.44. The van der Waals surface area contributed by atoms with Gasteiger partial charge in [0.25, 0.3) is 0 Å². The number of aromatic nitrogens is 1. The molecule has 2 rings (SSSR count). The molecule has 0 bridgehead atoms. The lowest BCUT2D eigenvalue weighted by Crippen LogP contribution is -2.40. The number of aliphatic hydroxyl groups excluding tert-OH is 1. The van der Waals surface area contributed by atoms with Crippen LogP contribution in [0.4, 0.5) is 0 Å². The third kappa shape index (κ3) is 2.62. The van der Waals surface area contributed by atoms with Crippen LogP contribution in [-0.2, 0) is 13.0 Å². The summed E-state index contributed by atoms with van der Waals surface area (Å²) in [6.45, 7) is 4.43. The fourth-order valence-corrected chi connectivity index (χ4v) is 2.42. The van der Waals surface area contributed by atoms with Gasteiger partial charge in [-0.1, -0.05) is 13.3 Å². The van der Waals surface area contributed by atoms with E-state index in [0.29, 0.717) is 11.8 Å². The van der Waals surface area contributed by atoms with Gasteiger partial charge in [-0.15, -0.1) is 0 Å². The smallest absolute Gasteiger partial charge is 0.196 e. The molecule has 1 aromatic rings. The highest BCUT2D eigenvalue weighted by molar-refractivity contribution is 4.95. The van der Waals surface area contributed by atoms with Gasteiger partial charge < -0.3 is 14.4 Å². The van der Waals surface area contributed by atoms with Crippen LogP contribution < -0.4 is 0 Å². The van der Waals surface area contributed by atoms with Crippen LogP contribution in [0.2, 0.25) is 0 Å². The molecule has 4 heteroatoms. The first-order chi connectivity index (χ1) is 7.83. The molecule has 4 nitrogen and oxygen atoms in total. The topological polar surface area (TPSA) is 49.5 Å². The minimum atomic E-state index is -0.0604. The number of hydrogen-bond acceptors (Lipinski definition) is 4. The molecule has 0 amide bonds. The van der Waals surface area contributed by atoms with E-state index in [2.05, 4.69) is 16.8 Å². The first-order valence-electron chi connectivity index (χ1n) is 6.12. The highest BCUT2D eigenvalue weighted by Crippen LogP contribution is 2.20. The van der Waals surface area contributed by atoms with Crippen LogP contribution >= 0.6 is 0 Å². The van der Waals surface area contributed by atoms with E-state index in [1.54, 1.807) is 6.20 Å². The Morgan fingerprint density at radius 2 is 2.44 bits per heavy atom. The lowest BCUT2D eigenvalue weighted by Gasteiger charge is -2.34. The van der Waals surface area contributed by atoms with E-state index in [0.717, 1.165) is 18.9 Å². The number of rotatable bonds is 4. The molecular formula is C12H20N2O2. The second-order valence-electron chi connectivity index (χ2n) is 4.36. The van der Waals surface area contributed by atoms with E-state index >= 15 is 0 Å². The van der Waals surface area contributed by atoms with Crippen LogP contribution in [0, 0.1) is 0 Å². The maximum atomic E-state index is 8.91. The van der Waals surface area contributed by atoms with Crippen molar-refractivity contribution in [2.75, 3.05) is 13.1 Å². The van der Waals surface area contributed by atoms with Crippen LogP contribution in [0.5, 0.6) is 0 Å². The monoisotopic (exact) mass is 224 g/mol. The SMILES string of the molecule is CCN1CCCCC1Cc1ncc(CO)o1. The fourth-order valence-electron chi connectivity index (χ4n) is 2.42. The average Bonchev–Trinajstić information content (AvgIpc) is 2.77. The Labute approximate surface area is 96.3 Å². The Hall–Kier alpha value is -0.870. The molecule has 0 spiro atoms. The van der Waals surface area contributed by atoms with E-state index in [9.17, 15) is 0 Å². The normalized spacial score (nSPS) is 22.5. The lowest BCUT2D eigenvalue weighted by atomic mass is 9.99. The summed E-state index contributed by atoms with van der Waals surface area (Å²) in [5.41, 5.74) is 0. The largest absolute Gasteiger partial charge is 0.443 e. The molecule has 1 aromatic heterocycles. The Morgan fingerprint density at radius 3 is 3.12 bits per heavy atom. The maximum Gasteiger partial charge on any atom is 0.196 e. The van der Waals surface area contributed by atoms with Crippen LogP contribution in [0.25, 0.3) is 0 Å². The first kappa shape index (κ1) is 11.6. The van der Waals surface area contributed by atoms with E-state index in [1.807, 2.05) is 0 Å². The number of aliphatic hydroxyl groups is 1. The number of nitrogens with zero attached hydrogens (tertiary/aromatic N) is 2. The van der Waals surface area contributed by atoms with Crippen molar-refractivity contribution in [1.29, 1.82) is 0 Å². The Bertz CT molecular complexity index is 325. The number of likely N-dealkylation sites (N-methyl/N-ethyl adjacent to an activating group) is 1. The summed E-state index contributed by atoms with van der Waals surface area (Å²) in [6, 6.07) is 0.559. The molecule has 0 aliphatic carbocycles. The van der Waals surface area contributed by atoms with Crippen molar-refractivity contribution in [1.82, 2.24) is 9.88 Å². The second kappa shape index (κ2) is 5.46. The number of piperidine rings is 1. The molecule has 90 valence electrons. The number of likely N-dealkylation sites (tertiary alicyclic amines) is 1. The predicted molar refractivity (Wildman–Crippen MR) is 61.0 cm³/mol. The van der Waals surface area contributed by atoms with Crippen molar-refractivity contribution in [3.05, 3.63) is 17.8 Å². The number of oxazole rings is 1. The van der Waals surface area contributed by atoms with Crippen molar-refractivity contribution in [3.63, 3.8) is 0 Å². The molecule has 1 N–H and O–H groups in total. The third-order valence-electron chi connectivity index (χ3n) is 3.32. The maximum absolute atomic E-state index is 8.91. The van der Waals surface area contributed by atoms with E-state index in [1.165, 1.54) is 25.8 Å². The van der Waals surface area contributed by atoms with Gasteiger partial charge in [0.05, 0.1) is 6.20 Å². The number of hydrogen-bond donors (Lipinski definition) is 1. The van der Waals surface area contributed by atoms with Crippen LogP contribution in [-0.4, -0.2) is 34.1 Å². The van der Waals surface area contributed by atoms with E-state index < -0.39 is 0 Å². The lowest BCUT2D eigenvalue weighted by molar-refractivity contribution is 0.147. The molecule has 1 atom stereocenters. The van der Waals surface area contributed by atoms with Gasteiger partial charge in [-0.25, -0.2) is 4.98 Å². The summed E-state index contributed by atoms with van der Waals surface area (Å²) in [6.07, 6.45) is 6.32. The minimum Gasteiger partial charge on any atom is -0.443 e. The van der Waals surface area contributed by atoms with Gasteiger partial charge in [-0.2, -0.15) is 0 Å². The molecule has 1 saturated heterocycles. The summed E-state index contributed by atoms with van der Waals surface area (Å²) in [7, 11) is 0. The molecule has 2 heterocycles. The van der Waals surface area contributed by atoms with Gasteiger partial charge >= 0.3 is 0 Å². The highest BCUT2D eigenvalue weighted by atomic mass is 16.4. The molecule has 16 heavy (non-hydrogen) atoms. The quantitative estimate of drug-likeness (QED) is 0.843. The summed E-state index contributed by atoms with van der Waals surface area (Å²) in [5, 5.41) is 8.91. The van der Waals surface area contributed by atoms with Gasteiger partial charge in [0.1, 0.15) is 12.4 Å². The molecule has 0 aromatic carbocycles. The minimum absolute atomic E-state index is 0.0604. The zero-order valence-electron chi connectivity index (χ0n) is 9.85. The first-order valence-corrected chi connectivity index (χ1v) is 6.12. The van der Waals surface area contributed by atoms with E-state index in [4.69, 9.17) is 9.52 Å². The van der Waals surface area contributed by atoms with Crippen molar-refractivity contribution < 1.29 is 9.52 Å². The summed E-state index contributed by atoms with van der Waals surface area (Å²) in [4.78, 5) is 6.69. The van der Waals surface area contributed by atoms with Crippen molar-refractivity contribution in [3.8, 4) is 0 Å². The molecule has 1 unspecified atom stereocenters. The Balaban J connectivity index is 1.96. The Morgan fingerprint density at radius 1 is 1.56 bits per heavy atom. The molecule has 1 fully saturated rings. The summed E-state index contributed by atoms with van der Waals surface area (Å²) in [5.74, 6) is 1.32. The highest BCUT2D eigenvalue weighted by Gasteiger charge is 2.22. The van der Waals surface area contributed by atoms with Gasteiger partial charge in [0, 0.05) is 12.5 Å². The van der Waals surface area contributed by atoms with Gasteiger partial charge in [-0.05, 0) is 25.9 Å². The zero-order valence-corrected chi connectivity index (χ0v) is 9.85. The van der Waals surface area contributed by atoms with Crippen LogP contribution in [0.15, 0.2) is 10.6 Å². The standard InChI is InChI=1S/C12H20N2O2/c1-2-14-6-4-3-5-10(14)7-12-13-8-11(9-15)16-12/h8,10,15H,2-7,9H2,1H3. The van der Waals surface area contributed by atoms with E-state index in [-0.39, 0.29) is 6.61 Å². The second-order valence-corrected chi connectivity index (χ2v) is 4.36. The fraction of sp³-hybridized carbons (Fsp3) is 0.750. The van der Waals surface area contributed by atoms with Gasteiger partial charge in [0.15, 0.2) is 5.89 Å². The van der Waals surface area contributed by atoms with Crippen molar-refractivity contribution >= 4 is 0 Å². The average molecular weight is 224 g/mol. The van der Waals surface area contributed by atoms with Crippen molar-refractivity contribution in [2.24, 2.45) is 0 Å². The molecule has 0 radical (unpaired) electrons. The zero-order chi connectivity index (χ0) is 11.4. The molecule has 1 aliphatic heterocycles. The van der Waals surface area contributed by atoms with Crippen LogP contribution in [0.1, 0.15) is 37.8 Å². The molecule has 0 saturated carbocycles. The summed E-state index contributed by atoms with van der Waals surface area (Å²) >= 11 is 0. The molecular weight excluding hydrogens is 204 g/mol. The molecule has 1 aliphatic rings. The van der Waals surface area contributed by atoms with Crippen molar-refractivity contribution in [2.45, 2.75) is 45.3 Å². The van der Waals surface area contributed by atoms with Gasteiger partial charge in [-0.3, -0.25) is 0 Å². The third-order valence-corrected chi connectivity index (χ3v) is 3.32.